The Hall–Kier alpha value is -6.28. The number of hydrogen-bond donors (Lipinski definition) is 2. The quantitative estimate of drug-likeness (QED) is 0.306. The van der Waals surface area contributed by atoms with Gasteiger partial charge in [-0.05, 0) is 27.6 Å². The lowest BCUT2D eigenvalue weighted by atomic mass is 10.1. The molecule has 0 saturated heterocycles. The van der Waals surface area contributed by atoms with Crippen LogP contribution in [-0.2, 0) is 13.1 Å². The number of rotatable bonds is 6. The Balaban J connectivity index is 0.000000165. The van der Waals surface area contributed by atoms with Gasteiger partial charge in [-0.1, -0.05) is 60.2 Å². The van der Waals surface area contributed by atoms with E-state index in [0.717, 1.165) is 22.5 Å². The zero-order valence-corrected chi connectivity index (χ0v) is 21.7. The average molecular weight is 547 g/mol. The Labute approximate surface area is 233 Å². The number of anilines is 2. The zero-order valence-electron chi connectivity index (χ0n) is 21.7. The summed E-state index contributed by atoms with van der Waals surface area (Å²) in [5, 5.41) is 32.4. The number of nitrogens with zero attached hydrogens (tertiary/aromatic N) is 10. The molecule has 0 aliphatic heterocycles. The van der Waals surface area contributed by atoms with Crippen LogP contribution in [0.1, 0.15) is 5.56 Å². The van der Waals surface area contributed by atoms with Crippen LogP contribution in [0.4, 0.5) is 11.6 Å². The maximum atomic E-state index is 8.94. The Kier molecular flexibility index (Phi) is 7.47. The van der Waals surface area contributed by atoms with E-state index in [1.807, 2.05) is 61.5 Å². The highest BCUT2D eigenvalue weighted by atomic mass is 16.6. The Morgan fingerprint density at radius 2 is 1.15 bits per heavy atom. The molecule has 0 radical (unpaired) electrons. The molecule has 41 heavy (non-hydrogen) atoms. The van der Waals surface area contributed by atoms with E-state index in [1.54, 1.807) is 21.5 Å². The lowest BCUT2D eigenvalue weighted by molar-refractivity contribution is 0.310. The van der Waals surface area contributed by atoms with Gasteiger partial charge in [0.1, 0.15) is 13.1 Å². The summed E-state index contributed by atoms with van der Waals surface area (Å²) in [6.45, 7) is 2.30. The molecule has 4 heterocycles. The molecule has 2 aromatic carbocycles. The fraction of sp³-hybridized carbons (Fsp3) is 0.111. The van der Waals surface area contributed by atoms with Crippen molar-refractivity contribution in [2.24, 2.45) is 0 Å². The summed E-state index contributed by atoms with van der Waals surface area (Å²) in [6.07, 6.45) is 3.57. The minimum absolute atomic E-state index is 0.139. The molecule has 0 fully saturated rings. The highest BCUT2D eigenvalue weighted by Gasteiger charge is 2.19. The van der Waals surface area contributed by atoms with Crippen molar-refractivity contribution >= 4 is 11.6 Å². The summed E-state index contributed by atoms with van der Waals surface area (Å²) in [5.41, 5.74) is 16.6. The van der Waals surface area contributed by atoms with Crippen molar-refractivity contribution in [2.45, 2.75) is 20.0 Å². The molecular weight excluding hydrogens is 524 g/mol. The van der Waals surface area contributed by atoms with Gasteiger partial charge in [-0.15, -0.1) is 0 Å². The standard InChI is InChI=1S/C14H12N6O.C13H10N6O/c1-9-2-4-10(5-3-9)11-8-20(7-6-15)14(17-11)12-13(16)19-21-18-12;14-6-7-19-8-10(9-4-2-1-3-5-9)16-13(19)11-12(15)18-20-17-11/h2-5,8H,7H2,1H3,(H2,16,19);1-5,8H,7H2,(H2,15,18). The van der Waals surface area contributed by atoms with Gasteiger partial charge in [-0.3, -0.25) is 0 Å². The van der Waals surface area contributed by atoms with Crippen molar-refractivity contribution in [1.29, 1.82) is 10.5 Å². The number of aryl methyl sites for hydroxylation is 1. The van der Waals surface area contributed by atoms with Gasteiger partial charge in [0.25, 0.3) is 0 Å². The van der Waals surface area contributed by atoms with Gasteiger partial charge in [0.2, 0.25) is 0 Å². The molecule has 202 valence electrons. The minimum Gasteiger partial charge on any atom is -0.379 e. The highest BCUT2D eigenvalue weighted by molar-refractivity contribution is 5.69. The molecule has 4 aromatic heterocycles. The third kappa shape index (κ3) is 5.62. The summed E-state index contributed by atoms with van der Waals surface area (Å²) in [7, 11) is 0. The second-order valence-corrected chi connectivity index (χ2v) is 8.70. The lowest BCUT2D eigenvalue weighted by Gasteiger charge is -1.98. The van der Waals surface area contributed by atoms with Crippen LogP contribution in [0.2, 0.25) is 0 Å². The van der Waals surface area contributed by atoms with Gasteiger partial charge < -0.3 is 20.6 Å². The topological polar surface area (TPSA) is 213 Å². The van der Waals surface area contributed by atoms with Gasteiger partial charge in [0, 0.05) is 23.5 Å². The van der Waals surface area contributed by atoms with Crippen molar-refractivity contribution in [2.75, 3.05) is 11.5 Å². The molecule has 4 N–H and O–H groups in total. The molecule has 0 spiro atoms. The summed E-state index contributed by atoms with van der Waals surface area (Å²) in [6, 6.07) is 21.8. The fourth-order valence-corrected chi connectivity index (χ4v) is 3.92. The molecule has 0 bridgehead atoms. The van der Waals surface area contributed by atoms with E-state index in [9.17, 15) is 0 Å². The number of imidazole rings is 2. The zero-order chi connectivity index (χ0) is 28.8. The number of benzene rings is 2. The fourth-order valence-electron chi connectivity index (χ4n) is 3.92. The third-order valence-electron chi connectivity index (χ3n) is 5.90. The van der Waals surface area contributed by atoms with E-state index < -0.39 is 0 Å². The SMILES string of the molecule is Cc1ccc(-c2cn(CC#N)c(-c3nonc3N)n2)cc1.N#CCn1cc(-c2ccccc2)nc1-c1nonc1N. The van der Waals surface area contributed by atoms with Gasteiger partial charge in [-0.2, -0.15) is 10.5 Å². The second-order valence-electron chi connectivity index (χ2n) is 8.70. The van der Waals surface area contributed by atoms with Crippen molar-refractivity contribution in [1.82, 2.24) is 39.7 Å². The first-order valence-corrected chi connectivity index (χ1v) is 12.2. The first-order valence-electron chi connectivity index (χ1n) is 12.2. The predicted octanol–water partition coefficient (Wildman–Crippen LogP) is 3.72. The monoisotopic (exact) mass is 546 g/mol. The summed E-state index contributed by atoms with van der Waals surface area (Å²) in [5.74, 6) is 1.22. The van der Waals surface area contributed by atoms with Crippen molar-refractivity contribution in [3.8, 4) is 57.7 Å². The molecule has 6 rings (SSSR count). The van der Waals surface area contributed by atoms with Crippen LogP contribution >= 0.6 is 0 Å². The van der Waals surface area contributed by atoms with Crippen LogP contribution < -0.4 is 11.5 Å². The van der Waals surface area contributed by atoms with Crippen LogP contribution in [0.15, 0.2) is 76.2 Å². The van der Waals surface area contributed by atoms with Crippen LogP contribution in [0.25, 0.3) is 45.6 Å². The average Bonchev–Trinajstić information content (AvgIpc) is 3.78. The van der Waals surface area contributed by atoms with Crippen LogP contribution in [0.3, 0.4) is 0 Å². The summed E-state index contributed by atoms with van der Waals surface area (Å²) >= 11 is 0. The molecule has 0 aliphatic rings. The molecule has 14 nitrogen and oxygen atoms in total. The number of hydrogen-bond acceptors (Lipinski definition) is 12. The highest BCUT2D eigenvalue weighted by Crippen LogP contribution is 2.27. The minimum atomic E-state index is 0.139. The van der Waals surface area contributed by atoms with E-state index in [0.29, 0.717) is 23.0 Å². The molecule has 0 amide bonds. The van der Waals surface area contributed by atoms with Gasteiger partial charge in [0.05, 0.1) is 23.5 Å². The largest absolute Gasteiger partial charge is 0.379 e. The van der Waals surface area contributed by atoms with E-state index in [1.165, 1.54) is 5.56 Å². The maximum Gasteiger partial charge on any atom is 0.199 e. The molecule has 6 aromatic rings. The molecule has 14 heteroatoms. The van der Waals surface area contributed by atoms with E-state index in [4.69, 9.17) is 22.0 Å². The van der Waals surface area contributed by atoms with Crippen LogP contribution in [0.5, 0.6) is 0 Å². The first kappa shape index (κ1) is 26.3. The Morgan fingerprint density at radius 3 is 1.56 bits per heavy atom. The number of nitrogens with two attached hydrogens (primary N) is 2. The van der Waals surface area contributed by atoms with Crippen molar-refractivity contribution in [3.63, 3.8) is 0 Å². The van der Waals surface area contributed by atoms with Crippen molar-refractivity contribution < 1.29 is 9.26 Å². The van der Waals surface area contributed by atoms with Crippen LogP contribution in [-0.4, -0.2) is 39.7 Å². The third-order valence-corrected chi connectivity index (χ3v) is 5.90. The number of nitriles is 2. The first-order chi connectivity index (χ1) is 20.0. The second kappa shape index (κ2) is 11.6. The van der Waals surface area contributed by atoms with Crippen LogP contribution in [0, 0.1) is 29.6 Å². The molecule has 0 aliphatic carbocycles. The molecule has 0 saturated carbocycles. The summed E-state index contributed by atoms with van der Waals surface area (Å²) < 4.78 is 12.5. The normalized spacial score (nSPS) is 10.4. The smallest absolute Gasteiger partial charge is 0.199 e. The Bertz CT molecular complexity index is 1850. The van der Waals surface area contributed by atoms with Gasteiger partial charge >= 0.3 is 0 Å². The molecule has 0 unspecified atom stereocenters. The van der Waals surface area contributed by atoms with E-state index in [2.05, 4.69) is 52.0 Å². The predicted molar refractivity (Wildman–Crippen MR) is 147 cm³/mol. The van der Waals surface area contributed by atoms with Crippen molar-refractivity contribution in [3.05, 3.63) is 72.6 Å². The summed E-state index contributed by atoms with van der Waals surface area (Å²) in [4.78, 5) is 8.97. The Morgan fingerprint density at radius 1 is 0.683 bits per heavy atom. The number of nitrogen functional groups attached to an aromatic ring is 2. The van der Waals surface area contributed by atoms with Gasteiger partial charge in [0.15, 0.2) is 34.7 Å². The van der Waals surface area contributed by atoms with Gasteiger partial charge in [-0.25, -0.2) is 19.2 Å². The molecular formula is C27H22N12O2. The lowest BCUT2D eigenvalue weighted by Crippen LogP contribution is -1.99. The van der Waals surface area contributed by atoms with E-state index >= 15 is 0 Å². The molecule has 0 atom stereocenters. The van der Waals surface area contributed by atoms with E-state index in [-0.39, 0.29) is 24.7 Å². The number of aromatic nitrogens is 8. The maximum absolute atomic E-state index is 8.94.